The van der Waals surface area contributed by atoms with Crippen molar-refractivity contribution in [2.75, 3.05) is 29.4 Å². The number of benzene rings is 3. The second-order valence-corrected chi connectivity index (χ2v) is 10.0. The van der Waals surface area contributed by atoms with Crippen molar-refractivity contribution in [3.63, 3.8) is 0 Å². The fourth-order valence-corrected chi connectivity index (χ4v) is 5.42. The number of aryl methyl sites for hydroxylation is 1. The van der Waals surface area contributed by atoms with E-state index in [0.717, 1.165) is 48.0 Å². The van der Waals surface area contributed by atoms with Gasteiger partial charge in [0.05, 0.1) is 10.9 Å². The van der Waals surface area contributed by atoms with E-state index in [1.54, 1.807) is 10.6 Å². The fourth-order valence-electron chi connectivity index (χ4n) is 5.42. The highest BCUT2D eigenvalue weighted by Crippen LogP contribution is 2.38. The van der Waals surface area contributed by atoms with Gasteiger partial charge in [-0.25, -0.2) is 9.97 Å². The van der Waals surface area contributed by atoms with Crippen molar-refractivity contribution >= 4 is 22.5 Å². The maximum Gasteiger partial charge on any atom is 0.416 e. The van der Waals surface area contributed by atoms with E-state index in [1.807, 2.05) is 36.5 Å². The van der Waals surface area contributed by atoms with E-state index in [1.165, 1.54) is 29.7 Å². The molecule has 6 rings (SSSR count). The van der Waals surface area contributed by atoms with Gasteiger partial charge in [-0.1, -0.05) is 54.1 Å². The fraction of sp³-hybridized carbons (Fsp3) is 0.226. The number of hydrogen-bond donors (Lipinski definition) is 0. The average molecular weight is 528 g/mol. The zero-order valence-corrected chi connectivity index (χ0v) is 21.7. The maximum atomic E-state index is 13.5. The average Bonchev–Trinajstić information content (AvgIpc) is 3.34. The first-order valence-corrected chi connectivity index (χ1v) is 13.0. The highest BCUT2D eigenvalue weighted by atomic mass is 19.4. The second kappa shape index (κ2) is 9.76. The molecule has 0 spiro atoms. The molecule has 2 aromatic heterocycles. The molecule has 0 amide bonds. The summed E-state index contributed by atoms with van der Waals surface area (Å²) in [7, 11) is 0. The molecule has 1 fully saturated rings. The van der Waals surface area contributed by atoms with Crippen molar-refractivity contribution < 1.29 is 13.2 Å². The minimum absolute atomic E-state index is 0.234. The highest BCUT2D eigenvalue weighted by Gasteiger charge is 2.31. The van der Waals surface area contributed by atoms with Crippen LogP contribution in [0.4, 0.5) is 24.7 Å². The van der Waals surface area contributed by atoms with Gasteiger partial charge >= 0.3 is 6.18 Å². The van der Waals surface area contributed by atoms with Gasteiger partial charge in [-0.15, -0.1) is 0 Å². The number of hydrogen-bond acceptors (Lipinski definition) is 4. The molecule has 1 aliphatic heterocycles. The number of rotatable bonds is 4. The Morgan fingerprint density at radius 3 is 2.33 bits per heavy atom. The number of alkyl halides is 3. The minimum Gasteiger partial charge on any atom is -0.365 e. The third-order valence-corrected chi connectivity index (χ3v) is 7.39. The molecule has 1 aliphatic rings. The Morgan fingerprint density at radius 1 is 0.846 bits per heavy atom. The molecule has 1 atom stereocenters. The lowest BCUT2D eigenvalue weighted by Crippen LogP contribution is -2.52. The zero-order valence-electron chi connectivity index (χ0n) is 21.7. The third-order valence-electron chi connectivity index (χ3n) is 7.39. The maximum absolute atomic E-state index is 13.5. The minimum atomic E-state index is -4.44. The summed E-state index contributed by atoms with van der Waals surface area (Å²) >= 11 is 0. The quantitative estimate of drug-likeness (QED) is 0.249. The molecule has 5 aromatic rings. The van der Waals surface area contributed by atoms with Crippen LogP contribution in [0.25, 0.3) is 27.8 Å². The third kappa shape index (κ3) is 4.71. The summed E-state index contributed by atoms with van der Waals surface area (Å²) in [6.07, 6.45) is -1.05. The van der Waals surface area contributed by atoms with Gasteiger partial charge in [0.2, 0.25) is 0 Å². The Kier molecular flexibility index (Phi) is 6.25. The summed E-state index contributed by atoms with van der Waals surface area (Å²) < 4.78 is 42.4. The standard InChI is InChI=1S/C31H28F3N5/c1-21-11-13-25(14-12-21)38-16-15-37(18-22(38)2)29-28-27(23-7-4-3-5-8-23)19-39(30(28)36-20-35-29)26-10-6-9-24(17-26)31(32,33)34/h3-14,17,19-20,22H,15-16,18H2,1-2H3. The van der Waals surface area contributed by atoms with Crippen molar-refractivity contribution in [1.29, 1.82) is 0 Å². The molecule has 198 valence electrons. The summed E-state index contributed by atoms with van der Waals surface area (Å²) in [5.74, 6) is 0.792. The summed E-state index contributed by atoms with van der Waals surface area (Å²) in [5, 5.41) is 0.831. The van der Waals surface area contributed by atoms with Gasteiger partial charge in [0.1, 0.15) is 12.1 Å². The van der Waals surface area contributed by atoms with E-state index in [2.05, 4.69) is 52.9 Å². The normalized spacial score (nSPS) is 16.2. The predicted octanol–water partition coefficient (Wildman–Crippen LogP) is 7.13. The van der Waals surface area contributed by atoms with Crippen LogP contribution in [0.3, 0.4) is 0 Å². The van der Waals surface area contributed by atoms with E-state index in [9.17, 15) is 13.2 Å². The molecule has 0 aliphatic carbocycles. The molecule has 0 bridgehead atoms. The Bertz CT molecular complexity index is 1610. The van der Waals surface area contributed by atoms with Crippen LogP contribution < -0.4 is 9.80 Å². The van der Waals surface area contributed by atoms with Crippen molar-refractivity contribution in [1.82, 2.24) is 14.5 Å². The molecular formula is C31H28F3N5. The van der Waals surface area contributed by atoms with Gasteiger partial charge in [0, 0.05) is 48.8 Å². The molecule has 3 aromatic carbocycles. The summed E-state index contributed by atoms with van der Waals surface area (Å²) in [6, 6.07) is 24.0. The molecule has 0 N–H and O–H groups in total. The molecule has 5 nitrogen and oxygen atoms in total. The largest absolute Gasteiger partial charge is 0.416 e. The van der Waals surface area contributed by atoms with Crippen LogP contribution in [0, 0.1) is 6.92 Å². The van der Waals surface area contributed by atoms with Crippen LogP contribution in [0.2, 0.25) is 0 Å². The number of piperazine rings is 1. The molecule has 0 radical (unpaired) electrons. The van der Waals surface area contributed by atoms with E-state index < -0.39 is 11.7 Å². The van der Waals surface area contributed by atoms with Crippen LogP contribution in [0.15, 0.2) is 91.4 Å². The first-order valence-electron chi connectivity index (χ1n) is 13.0. The van der Waals surface area contributed by atoms with E-state index in [0.29, 0.717) is 11.3 Å². The Labute approximate surface area is 225 Å². The van der Waals surface area contributed by atoms with E-state index in [-0.39, 0.29) is 6.04 Å². The number of fused-ring (bicyclic) bond motifs is 1. The van der Waals surface area contributed by atoms with Gasteiger partial charge in [0.15, 0.2) is 5.65 Å². The molecule has 1 unspecified atom stereocenters. The van der Waals surface area contributed by atoms with Gasteiger partial charge in [-0.3, -0.25) is 0 Å². The molecule has 1 saturated heterocycles. The Balaban J connectivity index is 1.45. The summed E-state index contributed by atoms with van der Waals surface area (Å²) in [6.45, 7) is 6.62. The highest BCUT2D eigenvalue weighted by molar-refractivity contribution is 6.02. The van der Waals surface area contributed by atoms with Crippen LogP contribution in [0.1, 0.15) is 18.1 Å². The van der Waals surface area contributed by atoms with Gasteiger partial charge in [0.25, 0.3) is 0 Å². The second-order valence-electron chi connectivity index (χ2n) is 10.0. The van der Waals surface area contributed by atoms with Crippen LogP contribution in [0.5, 0.6) is 0 Å². The van der Waals surface area contributed by atoms with Crippen LogP contribution >= 0.6 is 0 Å². The van der Waals surface area contributed by atoms with E-state index >= 15 is 0 Å². The topological polar surface area (TPSA) is 37.2 Å². The van der Waals surface area contributed by atoms with Crippen molar-refractivity contribution in [2.45, 2.75) is 26.1 Å². The molecule has 8 heteroatoms. The lowest BCUT2D eigenvalue weighted by Gasteiger charge is -2.42. The predicted molar refractivity (Wildman–Crippen MR) is 150 cm³/mol. The van der Waals surface area contributed by atoms with Crippen molar-refractivity contribution in [2.24, 2.45) is 0 Å². The van der Waals surface area contributed by atoms with Crippen molar-refractivity contribution in [3.05, 3.63) is 103 Å². The van der Waals surface area contributed by atoms with Crippen LogP contribution in [-0.2, 0) is 6.18 Å². The first-order chi connectivity index (χ1) is 18.8. The SMILES string of the molecule is Cc1ccc(N2CCN(c3ncnc4c3c(-c3ccccc3)cn4-c3cccc(C(F)(F)F)c3)CC2C)cc1. The van der Waals surface area contributed by atoms with Crippen molar-refractivity contribution in [3.8, 4) is 16.8 Å². The Hall–Kier alpha value is -4.33. The number of nitrogens with zero attached hydrogens (tertiary/aromatic N) is 5. The summed E-state index contributed by atoms with van der Waals surface area (Å²) in [4.78, 5) is 14.0. The first kappa shape index (κ1) is 25.0. The number of halogens is 3. The molecule has 0 saturated carbocycles. The Morgan fingerprint density at radius 2 is 1.62 bits per heavy atom. The van der Waals surface area contributed by atoms with Gasteiger partial charge in [-0.2, -0.15) is 13.2 Å². The lowest BCUT2D eigenvalue weighted by molar-refractivity contribution is -0.137. The van der Waals surface area contributed by atoms with Gasteiger partial charge < -0.3 is 14.4 Å². The van der Waals surface area contributed by atoms with Gasteiger partial charge in [-0.05, 0) is 49.7 Å². The van der Waals surface area contributed by atoms with E-state index in [4.69, 9.17) is 4.98 Å². The molecular weight excluding hydrogens is 499 g/mol. The van der Waals surface area contributed by atoms with Crippen LogP contribution in [-0.4, -0.2) is 40.2 Å². The zero-order chi connectivity index (χ0) is 27.1. The smallest absolute Gasteiger partial charge is 0.365 e. The number of anilines is 2. The number of aromatic nitrogens is 3. The molecule has 3 heterocycles. The monoisotopic (exact) mass is 527 g/mol. The lowest BCUT2D eigenvalue weighted by atomic mass is 10.1. The summed E-state index contributed by atoms with van der Waals surface area (Å²) in [5.41, 5.74) is 4.54. The molecule has 39 heavy (non-hydrogen) atoms.